The van der Waals surface area contributed by atoms with Gasteiger partial charge in [0.05, 0.1) is 16.2 Å². The van der Waals surface area contributed by atoms with Crippen LogP contribution in [-0.2, 0) is 9.59 Å². The van der Waals surface area contributed by atoms with Crippen LogP contribution in [-0.4, -0.2) is 23.8 Å². The SMILES string of the molecule is CC(=O)N(C)c1ccc(NC(=C2C(=O)Nc3ccc([N+](=O)[O-])cc32)c2ccccc2)cc1. The van der Waals surface area contributed by atoms with Gasteiger partial charge in [-0.25, -0.2) is 0 Å². The number of carbonyl (C=O) groups excluding carboxylic acids is 2. The Labute approximate surface area is 184 Å². The highest BCUT2D eigenvalue weighted by atomic mass is 16.6. The normalized spacial score (nSPS) is 13.8. The van der Waals surface area contributed by atoms with E-state index < -0.39 is 4.92 Å². The fraction of sp³-hybridized carbons (Fsp3) is 0.0833. The molecule has 1 heterocycles. The lowest BCUT2D eigenvalue weighted by Crippen LogP contribution is -2.22. The van der Waals surface area contributed by atoms with E-state index in [9.17, 15) is 19.7 Å². The molecule has 2 amide bonds. The van der Waals surface area contributed by atoms with E-state index in [1.165, 1.54) is 30.0 Å². The summed E-state index contributed by atoms with van der Waals surface area (Å²) in [5.74, 6) is -0.432. The number of amides is 2. The number of fused-ring (bicyclic) bond motifs is 1. The van der Waals surface area contributed by atoms with E-state index in [0.717, 1.165) is 11.3 Å². The van der Waals surface area contributed by atoms with Crippen LogP contribution in [0.3, 0.4) is 0 Å². The molecule has 2 N–H and O–H groups in total. The maximum atomic E-state index is 12.9. The molecule has 8 nitrogen and oxygen atoms in total. The molecule has 0 saturated carbocycles. The third-order valence-electron chi connectivity index (χ3n) is 5.27. The summed E-state index contributed by atoms with van der Waals surface area (Å²) in [6.45, 7) is 1.49. The largest absolute Gasteiger partial charge is 0.354 e. The van der Waals surface area contributed by atoms with E-state index in [1.54, 1.807) is 31.3 Å². The van der Waals surface area contributed by atoms with Gasteiger partial charge in [-0.15, -0.1) is 0 Å². The molecule has 0 spiro atoms. The van der Waals surface area contributed by atoms with Gasteiger partial charge in [-0.1, -0.05) is 30.3 Å². The number of anilines is 3. The van der Waals surface area contributed by atoms with E-state index in [4.69, 9.17) is 0 Å². The van der Waals surface area contributed by atoms with Crippen molar-refractivity contribution in [2.24, 2.45) is 0 Å². The first kappa shape index (κ1) is 20.8. The molecule has 32 heavy (non-hydrogen) atoms. The fourth-order valence-corrected chi connectivity index (χ4v) is 3.50. The Morgan fingerprint density at radius 1 is 1.03 bits per heavy atom. The van der Waals surface area contributed by atoms with E-state index >= 15 is 0 Å². The molecule has 0 unspecified atom stereocenters. The number of nitrogens with zero attached hydrogens (tertiary/aromatic N) is 2. The Bertz CT molecular complexity index is 1250. The summed E-state index contributed by atoms with van der Waals surface area (Å²) in [7, 11) is 1.69. The van der Waals surface area contributed by atoms with E-state index in [1.807, 2.05) is 30.3 Å². The Kier molecular flexibility index (Phi) is 5.43. The van der Waals surface area contributed by atoms with Gasteiger partial charge in [-0.05, 0) is 35.9 Å². The summed E-state index contributed by atoms with van der Waals surface area (Å²) in [4.78, 5) is 36.9. The van der Waals surface area contributed by atoms with Crippen LogP contribution in [0, 0.1) is 10.1 Å². The van der Waals surface area contributed by atoms with Crippen molar-refractivity contribution in [2.45, 2.75) is 6.92 Å². The van der Waals surface area contributed by atoms with Crippen LogP contribution >= 0.6 is 0 Å². The maximum absolute atomic E-state index is 12.9. The molecule has 0 fully saturated rings. The summed E-state index contributed by atoms with van der Waals surface area (Å²) >= 11 is 0. The predicted molar refractivity (Wildman–Crippen MR) is 124 cm³/mol. The number of carbonyl (C=O) groups is 2. The number of hydrogen-bond acceptors (Lipinski definition) is 5. The lowest BCUT2D eigenvalue weighted by molar-refractivity contribution is -0.384. The molecule has 3 aromatic rings. The number of hydrogen-bond donors (Lipinski definition) is 2. The Balaban J connectivity index is 1.82. The Morgan fingerprint density at radius 3 is 2.34 bits per heavy atom. The van der Waals surface area contributed by atoms with Crippen molar-refractivity contribution < 1.29 is 14.5 Å². The number of nitrogens with one attached hydrogen (secondary N) is 2. The second kappa shape index (κ2) is 8.35. The van der Waals surface area contributed by atoms with Crippen molar-refractivity contribution in [3.05, 3.63) is 94.0 Å². The van der Waals surface area contributed by atoms with E-state index in [0.29, 0.717) is 28.2 Å². The van der Waals surface area contributed by atoms with Crippen LogP contribution in [0.2, 0.25) is 0 Å². The van der Waals surface area contributed by atoms with Gasteiger partial charge in [0.15, 0.2) is 0 Å². The van der Waals surface area contributed by atoms with Crippen LogP contribution in [0.25, 0.3) is 11.3 Å². The van der Waals surface area contributed by atoms with E-state index in [2.05, 4.69) is 10.6 Å². The fourth-order valence-electron chi connectivity index (χ4n) is 3.50. The first-order valence-corrected chi connectivity index (χ1v) is 9.86. The van der Waals surface area contributed by atoms with Crippen molar-refractivity contribution in [1.82, 2.24) is 0 Å². The van der Waals surface area contributed by atoms with Crippen molar-refractivity contribution in [3.63, 3.8) is 0 Å². The summed E-state index contributed by atoms with van der Waals surface area (Å²) in [6.07, 6.45) is 0. The molecule has 0 aromatic heterocycles. The third kappa shape index (κ3) is 3.93. The van der Waals surface area contributed by atoms with Crippen molar-refractivity contribution in [1.29, 1.82) is 0 Å². The molecule has 0 atom stereocenters. The van der Waals surface area contributed by atoms with Gasteiger partial charge in [-0.3, -0.25) is 19.7 Å². The summed E-state index contributed by atoms with van der Waals surface area (Å²) in [5.41, 5.74) is 3.91. The smallest absolute Gasteiger partial charge is 0.270 e. The molecule has 1 aliphatic heterocycles. The molecule has 4 rings (SSSR count). The van der Waals surface area contributed by atoms with Crippen molar-refractivity contribution in [2.75, 3.05) is 22.6 Å². The first-order chi connectivity index (χ1) is 15.3. The van der Waals surface area contributed by atoms with Gasteiger partial charge >= 0.3 is 0 Å². The van der Waals surface area contributed by atoms with Crippen LogP contribution in [0.15, 0.2) is 72.8 Å². The molecule has 0 aliphatic carbocycles. The van der Waals surface area contributed by atoms with Gasteiger partial charge in [0.25, 0.3) is 11.6 Å². The topological polar surface area (TPSA) is 105 Å². The zero-order valence-corrected chi connectivity index (χ0v) is 17.5. The third-order valence-corrected chi connectivity index (χ3v) is 5.27. The Hall–Kier alpha value is -4.46. The average Bonchev–Trinajstić information content (AvgIpc) is 3.12. The second-order valence-corrected chi connectivity index (χ2v) is 7.31. The minimum atomic E-state index is -0.486. The monoisotopic (exact) mass is 428 g/mol. The average molecular weight is 428 g/mol. The lowest BCUT2D eigenvalue weighted by Gasteiger charge is -2.17. The zero-order valence-electron chi connectivity index (χ0n) is 17.5. The van der Waals surface area contributed by atoms with Crippen LogP contribution in [0.1, 0.15) is 18.1 Å². The molecule has 160 valence electrons. The quantitative estimate of drug-likeness (QED) is 0.353. The molecular formula is C24H20N4O4. The zero-order chi connectivity index (χ0) is 22.8. The summed E-state index contributed by atoms with van der Waals surface area (Å²) in [6, 6.07) is 20.8. The number of rotatable bonds is 5. The minimum absolute atomic E-state index is 0.0846. The highest BCUT2D eigenvalue weighted by molar-refractivity contribution is 6.37. The van der Waals surface area contributed by atoms with Crippen LogP contribution in [0.4, 0.5) is 22.7 Å². The second-order valence-electron chi connectivity index (χ2n) is 7.31. The number of non-ortho nitro benzene ring substituents is 1. The van der Waals surface area contributed by atoms with Gasteiger partial charge in [0, 0.05) is 48.7 Å². The highest BCUT2D eigenvalue weighted by Gasteiger charge is 2.30. The maximum Gasteiger partial charge on any atom is 0.270 e. The summed E-state index contributed by atoms with van der Waals surface area (Å²) in [5, 5.41) is 17.4. The molecule has 1 aliphatic rings. The molecule has 8 heteroatoms. The Morgan fingerprint density at radius 2 is 1.72 bits per heavy atom. The standard InChI is InChI=1S/C24H20N4O4/c1-15(29)27(2)18-10-8-17(9-11-18)25-23(16-6-4-3-5-7-16)22-20-14-19(28(31)32)12-13-21(20)26-24(22)30/h3-14,25H,1-2H3,(H,26,30). The summed E-state index contributed by atoms with van der Waals surface area (Å²) < 4.78 is 0. The van der Waals surface area contributed by atoms with Gasteiger partial charge < -0.3 is 15.5 Å². The van der Waals surface area contributed by atoms with E-state index in [-0.39, 0.29) is 17.5 Å². The molecule has 0 bridgehead atoms. The van der Waals surface area contributed by atoms with Crippen LogP contribution < -0.4 is 15.5 Å². The van der Waals surface area contributed by atoms with Gasteiger partial charge in [0.2, 0.25) is 5.91 Å². The first-order valence-electron chi connectivity index (χ1n) is 9.86. The van der Waals surface area contributed by atoms with Crippen molar-refractivity contribution >= 4 is 45.8 Å². The number of benzene rings is 3. The van der Waals surface area contributed by atoms with Crippen LogP contribution in [0.5, 0.6) is 0 Å². The number of nitro benzene ring substituents is 1. The van der Waals surface area contributed by atoms with Crippen molar-refractivity contribution in [3.8, 4) is 0 Å². The molecule has 3 aromatic carbocycles. The molecular weight excluding hydrogens is 408 g/mol. The van der Waals surface area contributed by atoms with Gasteiger partial charge in [0.1, 0.15) is 0 Å². The molecule has 0 radical (unpaired) electrons. The van der Waals surface area contributed by atoms with Gasteiger partial charge in [-0.2, -0.15) is 0 Å². The minimum Gasteiger partial charge on any atom is -0.354 e. The molecule has 0 saturated heterocycles. The number of nitro groups is 1. The lowest BCUT2D eigenvalue weighted by atomic mass is 9.99. The predicted octanol–water partition coefficient (Wildman–Crippen LogP) is 4.51. The highest BCUT2D eigenvalue weighted by Crippen LogP contribution is 2.39.